The molecule has 20 heavy (non-hydrogen) atoms. The van der Waals surface area contributed by atoms with E-state index in [-0.39, 0.29) is 0 Å². The Morgan fingerprint density at radius 1 is 1.05 bits per heavy atom. The second-order valence-corrected chi connectivity index (χ2v) is 5.75. The van der Waals surface area contributed by atoms with Crippen molar-refractivity contribution in [2.45, 2.75) is 38.1 Å². The van der Waals surface area contributed by atoms with Gasteiger partial charge in [0.2, 0.25) is 0 Å². The number of nitrogens with one attached hydrogen (secondary N) is 1. The van der Waals surface area contributed by atoms with E-state index < -0.39 is 0 Å². The molecule has 2 aromatic rings. The molecule has 0 saturated carbocycles. The van der Waals surface area contributed by atoms with Gasteiger partial charge < -0.3 is 5.32 Å². The highest BCUT2D eigenvalue weighted by molar-refractivity contribution is 5.83. The van der Waals surface area contributed by atoms with Gasteiger partial charge in [0.05, 0.1) is 0 Å². The smallest absolute Gasteiger partial charge is 0.0317 e. The first kappa shape index (κ1) is 13.4. The maximum atomic E-state index is 3.50. The topological polar surface area (TPSA) is 12.0 Å². The van der Waals surface area contributed by atoms with Crippen LogP contribution in [0.15, 0.2) is 54.1 Å². The molecule has 1 atom stereocenters. The highest BCUT2D eigenvalue weighted by Gasteiger charge is 2.15. The van der Waals surface area contributed by atoms with Crippen LogP contribution in [0.3, 0.4) is 0 Å². The Hall–Kier alpha value is -1.60. The molecule has 1 N–H and O–H groups in total. The molecule has 1 aliphatic rings. The van der Waals surface area contributed by atoms with E-state index in [2.05, 4.69) is 60.9 Å². The van der Waals surface area contributed by atoms with Crippen molar-refractivity contribution < 1.29 is 0 Å². The molecule has 1 unspecified atom stereocenters. The summed E-state index contributed by atoms with van der Waals surface area (Å²) in [6.45, 7) is 0. The zero-order valence-corrected chi connectivity index (χ0v) is 12.2. The number of hydrogen-bond acceptors (Lipinski definition) is 1. The van der Waals surface area contributed by atoms with Crippen LogP contribution in [0.25, 0.3) is 10.8 Å². The van der Waals surface area contributed by atoms with Crippen LogP contribution in [0.1, 0.15) is 31.2 Å². The Labute approximate surface area is 121 Å². The minimum absolute atomic E-state index is 0.497. The minimum Gasteiger partial charge on any atom is -0.313 e. The quantitative estimate of drug-likeness (QED) is 0.804. The van der Waals surface area contributed by atoms with Gasteiger partial charge in [0.25, 0.3) is 0 Å². The summed E-state index contributed by atoms with van der Waals surface area (Å²) in [6, 6.07) is 15.9. The van der Waals surface area contributed by atoms with Crippen LogP contribution in [0.4, 0.5) is 0 Å². The van der Waals surface area contributed by atoms with E-state index in [4.69, 9.17) is 0 Å². The van der Waals surface area contributed by atoms with Gasteiger partial charge in [-0.3, -0.25) is 0 Å². The lowest BCUT2D eigenvalue weighted by Crippen LogP contribution is -2.30. The van der Waals surface area contributed by atoms with Crippen molar-refractivity contribution in [3.05, 3.63) is 59.7 Å². The van der Waals surface area contributed by atoms with E-state index in [9.17, 15) is 0 Å². The van der Waals surface area contributed by atoms with Gasteiger partial charge >= 0.3 is 0 Å². The molecule has 0 spiro atoms. The lowest BCUT2D eigenvalue weighted by Gasteiger charge is -2.23. The predicted molar refractivity (Wildman–Crippen MR) is 87.1 cm³/mol. The second kappa shape index (κ2) is 6.23. The van der Waals surface area contributed by atoms with Gasteiger partial charge in [0.15, 0.2) is 0 Å². The number of likely N-dealkylation sites (N-methyl/N-ethyl adjacent to an activating group) is 1. The molecule has 0 saturated heterocycles. The van der Waals surface area contributed by atoms with Gasteiger partial charge in [0, 0.05) is 6.04 Å². The van der Waals surface area contributed by atoms with E-state index in [0.29, 0.717) is 6.04 Å². The lowest BCUT2D eigenvalue weighted by molar-refractivity contribution is 0.569. The summed E-state index contributed by atoms with van der Waals surface area (Å²) >= 11 is 0. The SMILES string of the molecule is CNC(Cc1ccc2ccccc2c1)C1=CCCCC1. The van der Waals surface area contributed by atoms with Crippen LogP contribution in [-0.2, 0) is 6.42 Å². The maximum absolute atomic E-state index is 3.50. The summed E-state index contributed by atoms with van der Waals surface area (Å²) in [6.07, 6.45) is 8.76. The van der Waals surface area contributed by atoms with E-state index in [1.807, 2.05) is 0 Å². The van der Waals surface area contributed by atoms with E-state index in [1.165, 1.54) is 42.0 Å². The van der Waals surface area contributed by atoms with Gasteiger partial charge in [0.1, 0.15) is 0 Å². The molecule has 1 nitrogen and oxygen atoms in total. The third kappa shape index (κ3) is 2.94. The highest BCUT2D eigenvalue weighted by atomic mass is 14.9. The summed E-state index contributed by atoms with van der Waals surface area (Å²) in [5.41, 5.74) is 3.03. The average molecular weight is 265 g/mol. The zero-order chi connectivity index (χ0) is 13.8. The van der Waals surface area contributed by atoms with E-state index in [1.54, 1.807) is 5.57 Å². The van der Waals surface area contributed by atoms with Crippen LogP contribution >= 0.6 is 0 Å². The molecule has 0 fully saturated rings. The first-order valence-electron chi connectivity index (χ1n) is 7.71. The van der Waals surface area contributed by atoms with Crippen molar-refractivity contribution in [1.29, 1.82) is 0 Å². The summed E-state index contributed by atoms with van der Waals surface area (Å²) in [7, 11) is 2.08. The summed E-state index contributed by atoms with van der Waals surface area (Å²) in [5.74, 6) is 0. The summed E-state index contributed by atoms with van der Waals surface area (Å²) in [4.78, 5) is 0. The third-order valence-electron chi connectivity index (χ3n) is 4.38. The first-order valence-corrected chi connectivity index (χ1v) is 7.71. The van der Waals surface area contributed by atoms with Gasteiger partial charge in [-0.05, 0) is 55.5 Å². The Bertz CT molecular complexity index is 612. The van der Waals surface area contributed by atoms with Gasteiger partial charge in [-0.1, -0.05) is 54.1 Å². The Morgan fingerprint density at radius 3 is 2.65 bits per heavy atom. The fourth-order valence-corrected chi connectivity index (χ4v) is 3.20. The lowest BCUT2D eigenvalue weighted by atomic mass is 9.90. The molecule has 0 aliphatic heterocycles. The molecule has 3 rings (SSSR count). The second-order valence-electron chi connectivity index (χ2n) is 5.75. The zero-order valence-electron chi connectivity index (χ0n) is 12.2. The third-order valence-corrected chi connectivity index (χ3v) is 4.38. The molecule has 0 amide bonds. The molecule has 0 aromatic heterocycles. The van der Waals surface area contributed by atoms with Crippen molar-refractivity contribution in [2.75, 3.05) is 7.05 Å². The average Bonchev–Trinajstić information content (AvgIpc) is 2.53. The first-order chi connectivity index (χ1) is 9.86. The Balaban J connectivity index is 1.81. The predicted octanol–water partition coefficient (Wildman–Crippen LogP) is 4.47. The fraction of sp³-hybridized carbons (Fsp3) is 0.368. The maximum Gasteiger partial charge on any atom is 0.0317 e. The number of allylic oxidation sites excluding steroid dienone is 1. The number of rotatable bonds is 4. The molecule has 0 radical (unpaired) electrons. The van der Waals surface area contributed by atoms with Crippen molar-refractivity contribution >= 4 is 10.8 Å². The molecular formula is C19H23N. The fourth-order valence-electron chi connectivity index (χ4n) is 3.20. The van der Waals surface area contributed by atoms with Gasteiger partial charge in [-0.25, -0.2) is 0 Å². The van der Waals surface area contributed by atoms with Crippen molar-refractivity contribution in [2.24, 2.45) is 0 Å². The normalized spacial score (nSPS) is 16.9. The molecule has 104 valence electrons. The van der Waals surface area contributed by atoms with Crippen molar-refractivity contribution in [3.63, 3.8) is 0 Å². The highest BCUT2D eigenvalue weighted by Crippen LogP contribution is 2.23. The number of fused-ring (bicyclic) bond motifs is 1. The molecular weight excluding hydrogens is 242 g/mol. The number of benzene rings is 2. The minimum atomic E-state index is 0.497. The van der Waals surface area contributed by atoms with E-state index in [0.717, 1.165) is 6.42 Å². The van der Waals surface area contributed by atoms with Crippen molar-refractivity contribution in [1.82, 2.24) is 5.32 Å². The Morgan fingerprint density at radius 2 is 1.90 bits per heavy atom. The van der Waals surface area contributed by atoms with Crippen LogP contribution in [-0.4, -0.2) is 13.1 Å². The molecule has 1 aliphatic carbocycles. The van der Waals surface area contributed by atoms with E-state index >= 15 is 0 Å². The van der Waals surface area contributed by atoms with Crippen molar-refractivity contribution in [3.8, 4) is 0 Å². The van der Waals surface area contributed by atoms with Crippen LogP contribution < -0.4 is 5.32 Å². The van der Waals surface area contributed by atoms with Crippen LogP contribution in [0.5, 0.6) is 0 Å². The largest absolute Gasteiger partial charge is 0.313 e. The molecule has 0 heterocycles. The molecule has 0 bridgehead atoms. The number of hydrogen-bond donors (Lipinski definition) is 1. The van der Waals surface area contributed by atoms with Crippen LogP contribution in [0.2, 0.25) is 0 Å². The van der Waals surface area contributed by atoms with Gasteiger partial charge in [-0.15, -0.1) is 0 Å². The monoisotopic (exact) mass is 265 g/mol. The van der Waals surface area contributed by atoms with Crippen LogP contribution in [0, 0.1) is 0 Å². The molecule has 2 aromatic carbocycles. The summed E-state index contributed by atoms with van der Waals surface area (Å²) < 4.78 is 0. The summed E-state index contributed by atoms with van der Waals surface area (Å²) in [5, 5.41) is 6.17. The standard InChI is InChI=1S/C19H23N/c1-20-19(17-8-3-2-4-9-17)14-15-11-12-16-7-5-6-10-18(16)13-15/h5-8,10-13,19-20H,2-4,9,14H2,1H3. The molecule has 1 heteroatoms. The Kier molecular flexibility index (Phi) is 4.17. The van der Waals surface area contributed by atoms with Gasteiger partial charge in [-0.2, -0.15) is 0 Å².